The summed E-state index contributed by atoms with van der Waals surface area (Å²) >= 11 is 6.16. The highest BCUT2D eigenvalue weighted by molar-refractivity contribution is 6.31. The van der Waals surface area contributed by atoms with Crippen LogP contribution >= 0.6 is 11.6 Å². The minimum absolute atomic E-state index is 0.661. The molecule has 4 heteroatoms. The van der Waals surface area contributed by atoms with Crippen LogP contribution < -0.4 is 5.73 Å². The standard InChI is InChI=1S/C16H14ClN3/c17-16-4-2-1-3-13(16)10-20-11-14(9-19-20)12-5-7-15(18)8-6-12/h1-9,11H,10,18H2. The zero-order valence-corrected chi connectivity index (χ0v) is 11.6. The Kier molecular flexibility index (Phi) is 3.44. The summed E-state index contributed by atoms with van der Waals surface area (Å²) in [6.45, 7) is 0.661. The molecule has 0 bridgehead atoms. The third-order valence-corrected chi connectivity index (χ3v) is 3.54. The van der Waals surface area contributed by atoms with Crippen LogP contribution in [0.3, 0.4) is 0 Å². The second kappa shape index (κ2) is 5.39. The monoisotopic (exact) mass is 283 g/mol. The van der Waals surface area contributed by atoms with E-state index in [9.17, 15) is 0 Å². The molecular formula is C16H14ClN3. The van der Waals surface area contributed by atoms with Crippen LogP contribution in [-0.2, 0) is 6.54 Å². The second-order valence-electron chi connectivity index (χ2n) is 4.64. The van der Waals surface area contributed by atoms with Crippen LogP contribution in [0, 0.1) is 0 Å². The van der Waals surface area contributed by atoms with E-state index in [4.69, 9.17) is 17.3 Å². The molecule has 0 fully saturated rings. The van der Waals surface area contributed by atoms with Gasteiger partial charge in [-0.15, -0.1) is 0 Å². The molecule has 3 aromatic rings. The van der Waals surface area contributed by atoms with Gasteiger partial charge in [-0.2, -0.15) is 5.10 Å². The molecule has 0 unspecified atom stereocenters. The van der Waals surface area contributed by atoms with Gasteiger partial charge in [0.05, 0.1) is 12.7 Å². The first-order chi connectivity index (χ1) is 9.72. The van der Waals surface area contributed by atoms with Gasteiger partial charge in [-0.05, 0) is 29.3 Å². The largest absolute Gasteiger partial charge is 0.399 e. The topological polar surface area (TPSA) is 43.8 Å². The van der Waals surface area contributed by atoms with Crippen molar-refractivity contribution in [2.24, 2.45) is 0 Å². The van der Waals surface area contributed by atoms with Crippen LogP contribution in [0.25, 0.3) is 11.1 Å². The summed E-state index contributed by atoms with van der Waals surface area (Å²) in [6, 6.07) is 15.6. The number of nitrogen functional groups attached to an aromatic ring is 1. The zero-order chi connectivity index (χ0) is 13.9. The van der Waals surface area contributed by atoms with E-state index in [1.807, 2.05) is 65.6 Å². The molecule has 0 radical (unpaired) electrons. The van der Waals surface area contributed by atoms with Crippen LogP contribution in [0.1, 0.15) is 5.56 Å². The predicted octanol–water partition coefficient (Wildman–Crippen LogP) is 3.83. The van der Waals surface area contributed by atoms with Crippen molar-refractivity contribution in [2.45, 2.75) is 6.54 Å². The molecule has 3 nitrogen and oxygen atoms in total. The first kappa shape index (κ1) is 12.8. The van der Waals surface area contributed by atoms with Crippen molar-refractivity contribution in [1.82, 2.24) is 9.78 Å². The number of halogens is 1. The number of rotatable bonds is 3. The maximum Gasteiger partial charge on any atom is 0.0674 e. The van der Waals surface area contributed by atoms with Gasteiger partial charge in [-0.1, -0.05) is 41.9 Å². The van der Waals surface area contributed by atoms with Gasteiger partial charge in [-0.25, -0.2) is 0 Å². The van der Waals surface area contributed by atoms with E-state index in [2.05, 4.69) is 5.10 Å². The van der Waals surface area contributed by atoms with Gasteiger partial charge < -0.3 is 5.73 Å². The summed E-state index contributed by atoms with van der Waals surface area (Å²) in [7, 11) is 0. The SMILES string of the molecule is Nc1ccc(-c2cnn(Cc3ccccc3Cl)c2)cc1. The average molecular weight is 284 g/mol. The van der Waals surface area contributed by atoms with E-state index in [-0.39, 0.29) is 0 Å². The maximum absolute atomic E-state index is 6.16. The summed E-state index contributed by atoms with van der Waals surface area (Å²) in [5.74, 6) is 0. The van der Waals surface area contributed by atoms with Gasteiger partial charge in [0, 0.05) is 22.5 Å². The quantitative estimate of drug-likeness (QED) is 0.742. The smallest absolute Gasteiger partial charge is 0.0674 e. The van der Waals surface area contributed by atoms with Gasteiger partial charge in [0.15, 0.2) is 0 Å². The van der Waals surface area contributed by atoms with Crippen LogP contribution in [0.2, 0.25) is 5.02 Å². The Balaban J connectivity index is 1.84. The third kappa shape index (κ3) is 2.68. The second-order valence-corrected chi connectivity index (χ2v) is 5.05. The fourth-order valence-electron chi connectivity index (χ4n) is 2.08. The van der Waals surface area contributed by atoms with E-state index >= 15 is 0 Å². The highest BCUT2D eigenvalue weighted by Gasteiger charge is 2.04. The molecule has 0 aliphatic carbocycles. The number of benzene rings is 2. The first-order valence-corrected chi connectivity index (χ1v) is 6.72. The molecule has 100 valence electrons. The predicted molar refractivity (Wildman–Crippen MR) is 82.6 cm³/mol. The molecule has 0 saturated carbocycles. The Morgan fingerprint density at radius 3 is 2.50 bits per heavy atom. The van der Waals surface area contributed by atoms with E-state index in [0.717, 1.165) is 27.4 Å². The molecule has 2 aromatic carbocycles. The Labute approximate surface area is 122 Å². The number of hydrogen-bond donors (Lipinski definition) is 1. The summed E-state index contributed by atoms with van der Waals surface area (Å²) in [5, 5.41) is 5.14. The molecule has 2 N–H and O–H groups in total. The van der Waals surface area contributed by atoms with Crippen molar-refractivity contribution < 1.29 is 0 Å². The van der Waals surface area contributed by atoms with Crippen LogP contribution in [0.15, 0.2) is 60.9 Å². The molecule has 20 heavy (non-hydrogen) atoms. The lowest BCUT2D eigenvalue weighted by molar-refractivity contribution is 0.687. The Hall–Kier alpha value is -2.26. The van der Waals surface area contributed by atoms with E-state index in [1.54, 1.807) is 0 Å². The molecule has 0 aliphatic heterocycles. The Morgan fingerprint density at radius 2 is 1.75 bits per heavy atom. The minimum atomic E-state index is 0.661. The number of nitrogens with two attached hydrogens (primary N) is 1. The van der Waals surface area contributed by atoms with Crippen molar-refractivity contribution in [3.8, 4) is 11.1 Å². The van der Waals surface area contributed by atoms with Crippen molar-refractivity contribution in [3.63, 3.8) is 0 Å². The van der Waals surface area contributed by atoms with Crippen molar-refractivity contribution in [3.05, 3.63) is 71.5 Å². The molecule has 0 aliphatic rings. The summed E-state index contributed by atoms with van der Waals surface area (Å²) in [6.07, 6.45) is 3.86. The summed E-state index contributed by atoms with van der Waals surface area (Å²) in [5.41, 5.74) is 9.68. The molecule has 0 spiro atoms. The molecule has 1 heterocycles. The van der Waals surface area contributed by atoms with E-state index in [0.29, 0.717) is 6.54 Å². The van der Waals surface area contributed by atoms with E-state index < -0.39 is 0 Å². The van der Waals surface area contributed by atoms with Crippen LogP contribution in [-0.4, -0.2) is 9.78 Å². The van der Waals surface area contributed by atoms with Crippen molar-refractivity contribution >= 4 is 17.3 Å². The average Bonchev–Trinajstić information content (AvgIpc) is 2.91. The molecular weight excluding hydrogens is 270 g/mol. The summed E-state index contributed by atoms with van der Waals surface area (Å²) < 4.78 is 1.88. The number of nitrogens with zero attached hydrogens (tertiary/aromatic N) is 2. The minimum Gasteiger partial charge on any atom is -0.399 e. The maximum atomic E-state index is 6.16. The normalized spacial score (nSPS) is 10.7. The molecule has 0 atom stereocenters. The Bertz CT molecular complexity index is 717. The van der Waals surface area contributed by atoms with Crippen molar-refractivity contribution in [1.29, 1.82) is 0 Å². The lowest BCUT2D eigenvalue weighted by Crippen LogP contribution is -2.00. The number of hydrogen-bond acceptors (Lipinski definition) is 2. The van der Waals surface area contributed by atoms with Gasteiger partial charge in [-0.3, -0.25) is 4.68 Å². The number of aromatic nitrogens is 2. The lowest BCUT2D eigenvalue weighted by atomic mass is 10.1. The zero-order valence-electron chi connectivity index (χ0n) is 10.8. The van der Waals surface area contributed by atoms with Crippen LogP contribution in [0.5, 0.6) is 0 Å². The molecule has 0 saturated heterocycles. The molecule has 0 amide bonds. The van der Waals surface area contributed by atoms with Gasteiger partial charge in [0.2, 0.25) is 0 Å². The van der Waals surface area contributed by atoms with Crippen LogP contribution in [0.4, 0.5) is 5.69 Å². The molecule has 3 rings (SSSR count). The van der Waals surface area contributed by atoms with Gasteiger partial charge in [0.25, 0.3) is 0 Å². The highest BCUT2D eigenvalue weighted by atomic mass is 35.5. The number of anilines is 1. The highest BCUT2D eigenvalue weighted by Crippen LogP contribution is 2.21. The van der Waals surface area contributed by atoms with Gasteiger partial charge in [0.1, 0.15) is 0 Å². The lowest BCUT2D eigenvalue weighted by Gasteiger charge is -2.03. The fourth-order valence-corrected chi connectivity index (χ4v) is 2.27. The van der Waals surface area contributed by atoms with Gasteiger partial charge >= 0.3 is 0 Å². The first-order valence-electron chi connectivity index (χ1n) is 6.34. The third-order valence-electron chi connectivity index (χ3n) is 3.17. The fraction of sp³-hybridized carbons (Fsp3) is 0.0625. The van der Waals surface area contributed by atoms with E-state index in [1.165, 1.54) is 0 Å². The Morgan fingerprint density at radius 1 is 1.00 bits per heavy atom. The van der Waals surface area contributed by atoms with Crippen molar-refractivity contribution in [2.75, 3.05) is 5.73 Å². The summed E-state index contributed by atoms with van der Waals surface area (Å²) in [4.78, 5) is 0. The molecule has 1 aromatic heterocycles.